The van der Waals surface area contributed by atoms with E-state index in [-0.39, 0.29) is 11.9 Å². The Morgan fingerprint density at radius 2 is 2.08 bits per heavy atom. The van der Waals surface area contributed by atoms with Gasteiger partial charge in [-0.25, -0.2) is 4.98 Å². The molecule has 0 bridgehead atoms. The fourth-order valence-electron chi connectivity index (χ4n) is 3.19. The van der Waals surface area contributed by atoms with Crippen LogP contribution in [0.1, 0.15) is 42.8 Å². The Morgan fingerprint density at radius 1 is 1.33 bits per heavy atom. The third-order valence-corrected chi connectivity index (χ3v) is 5.36. The highest BCUT2D eigenvalue weighted by Gasteiger charge is 2.22. The van der Waals surface area contributed by atoms with Gasteiger partial charge in [-0.3, -0.25) is 4.79 Å². The normalized spacial score (nSPS) is 15.0. The summed E-state index contributed by atoms with van der Waals surface area (Å²) >= 11 is 12.2. The first-order valence-electron chi connectivity index (χ1n) is 8.21. The van der Waals surface area contributed by atoms with E-state index >= 15 is 0 Å². The molecule has 128 valence electrons. The maximum atomic E-state index is 12.7. The van der Waals surface area contributed by atoms with Gasteiger partial charge in [0, 0.05) is 22.8 Å². The van der Waals surface area contributed by atoms with Gasteiger partial charge in [0.1, 0.15) is 6.54 Å². The lowest BCUT2D eigenvalue weighted by Crippen LogP contribution is -2.33. The van der Waals surface area contributed by atoms with E-state index in [2.05, 4.69) is 4.98 Å². The third-order valence-electron chi connectivity index (χ3n) is 4.80. The molecule has 2 aromatic rings. The Hall–Kier alpha value is -1.52. The molecule has 0 spiro atoms. The van der Waals surface area contributed by atoms with Gasteiger partial charge in [-0.2, -0.15) is 0 Å². The quantitative estimate of drug-likeness (QED) is 0.810. The predicted octanol–water partition coefficient (Wildman–Crippen LogP) is 4.29. The number of fused-ring (bicyclic) bond motifs is 1. The van der Waals surface area contributed by atoms with Crippen LogP contribution in [-0.4, -0.2) is 27.4 Å². The number of carbonyl (C=O) groups is 1. The molecule has 0 fully saturated rings. The molecule has 0 saturated carbocycles. The maximum absolute atomic E-state index is 12.7. The van der Waals surface area contributed by atoms with Gasteiger partial charge >= 0.3 is 0 Å². The summed E-state index contributed by atoms with van der Waals surface area (Å²) in [5.74, 6) is 0.0410. The number of halogens is 2. The van der Waals surface area contributed by atoms with Crippen LogP contribution >= 0.6 is 23.2 Å². The third kappa shape index (κ3) is 3.45. The summed E-state index contributed by atoms with van der Waals surface area (Å²) in [6.45, 7) is 2.28. The highest BCUT2D eigenvalue weighted by atomic mass is 35.5. The first kappa shape index (κ1) is 17.3. The van der Waals surface area contributed by atoms with Crippen LogP contribution in [0.4, 0.5) is 0 Å². The molecule has 1 amide bonds. The first-order valence-corrected chi connectivity index (χ1v) is 8.96. The molecule has 1 aliphatic rings. The fraction of sp³-hybridized carbons (Fsp3) is 0.444. The molecule has 0 unspecified atom stereocenters. The molecule has 0 aliphatic heterocycles. The summed E-state index contributed by atoms with van der Waals surface area (Å²) < 4.78 is 1.99. The van der Waals surface area contributed by atoms with Crippen molar-refractivity contribution < 1.29 is 4.79 Å². The van der Waals surface area contributed by atoms with Crippen LogP contribution in [0.25, 0.3) is 0 Å². The molecule has 4 nitrogen and oxygen atoms in total. The number of benzene rings is 1. The Bertz CT molecular complexity index is 757. The lowest BCUT2D eigenvalue weighted by molar-refractivity contribution is -0.132. The Morgan fingerprint density at radius 3 is 2.83 bits per heavy atom. The number of hydrogen-bond donors (Lipinski definition) is 0. The molecule has 0 saturated heterocycles. The number of nitrogens with zero attached hydrogens (tertiary/aromatic N) is 3. The zero-order chi connectivity index (χ0) is 17.3. The topological polar surface area (TPSA) is 38.1 Å². The minimum absolute atomic E-state index is 0.0410. The molecule has 0 radical (unpaired) electrons. The number of likely N-dealkylation sites (N-methyl/N-ethyl adjacent to an activating group) is 1. The maximum Gasteiger partial charge on any atom is 0.242 e. The molecule has 0 N–H and O–H groups in total. The average molecular weight is 366 g/mol. The monoisotopic (exact) mass is 365 g/mol. The Kier molecular flexibility index (Phi) is 5.16. The van der Waals surface area contributed by atoms with Crippen LogP contribution in [0.3, 0.4) is 0 Å². The smallest absolute Gasteiger partial charge is 0.242 e. The summed E-state index contributed by atoms with van der Waals surface area (Å²) in [7, 11) is 1.81. The van der Waals surface area contributed by atoms with Crippen LogP contribution in [-0.2, 0) is 24.2 Å². The second-order valence-electron chi connectivity index (χ2n) is 6.32. The summed E-state index contributed by atoms with van der Waals surface area (Å²) in [4.78, 5) is 18.9. The fourth-order valence-corrected chi connectivity index (χ4v) is 3.76. The molecule has 1 atom stereocenters. The Balaban J connectivity index is 1.73. The summed E-state index contributed by atoms with van der Waals surface area (Å²) in [5.41, 5.74) is 3.25. The number of rotatable bonds is 4. The number of carbonyl (C=O) groups excluding carboxylic acids is 1. The zero-order valence-electron chi connectivity index (χ0n) is 13.9. The van der Waals surface area contributed by atoms with Crippen molar-refractivity contribution in [3.05, 3.63) is 51.5 Å². The lowest BCUT2D eigenvalue weighted by Gasteiger charge is -2.27. The molecular weight excluding hydrogens is 345 g/mol. The molecule has 24 heavy (non-hydrogen) atoms. The van der Waals surface area contributed by atoms with Gasteiger partial charge in [-0.1, -0.05) is 29.3 Å². The van der Waals surface area contributed by atoms with E-state index in [0.29, 0.717) is 16.6 Å². The molecule has 1 heterocycles. The second kappa shape index (κ2) is 7.16. The van der Waals surface area contributed by atoms with Crippen molar-refractivity contribution >= 4 is 29.1 Å². The molecule has 6 heteroatoms. The van der Waals surface area contributed by atoms with Crippen LogP contribution in [0.2, 0.25) is 10.0 Å². The van der Waals surface area contributed by atoms with Crippen molar-refractivity contribution in [3.8, 4) is 0 Å². The lowest BCUT2D eigenvalue weighted by atomic mass is 10.0. The molecule has 1 aliphatic carbocycles. The van der Waals surface area contributed by atoms with Crippen molar-refractivity contribution in [1.82, 2.24) is 14.5 Å². The van der Waals surface area contributed by atoms with Crippen molar-refractivity contribution in [3.63, 3.8) is 0 Å². The standard InChI is InChI=1S/C18H21Cl2N3O/c1-12(14-8-7-13(19)9-15(14)20)22(2)18(24)10-23-11-21-16-5-3-4-6-17(16)23/h7-9,11-12H,3-6,10H2,1-2H3/t12-/m0/s1. The number of hydrogen-bond acceptors (Lipinski definition) is 2. The van der Waals surface area contributed by atoms with Crippen molar-refractivity contribution in [1.29, 1.82) is 0 Å². The van der Waals surface area contributed by atoms with E-state index in [1.807, 2.05) is 17.6 Å². The van der Waals surface area contributed by atoms with Crippen LogP contribution in [0.5, 0.6) is 0 Å². The average Bonchev–Trinajstić information content (AvgIpc) is 2.97. The molecule has 1 aromatic carbocycles. The van der Waals surface area contributed by atoms with Crippen LogP contribution in [0, 0.1) is 0 Å². The summed E-state index contributed by atoms with van der Waals surface area (Å²) in [6, 6.07) is 5.25. The van der Waals surface area contributed by atoms with Crippen molar-refractivity contribution in [2.45, 2.75) is 45.2 Å². The van der Waals surface area contributed by atoms with Crippen molar-refractivity contribution in [2.75, 3.05) is 7.05 Å². The minimum atomic E-state index is -0.124. The van der Waals surface area contributed by atoms with E-state index < -0.39 is 0 Å². The number of aromatic nitrogens is 2. The van der Waals surface area contributed by atoms with E-state index in [1.165, 1.54) is 18.5 Å². The summed E-state index contributed by atoms with van der Waals surface area (Å²) in [5, 5.41) is 1.17. The molecular formula is C18H21Cl2N3O. The second-order valence-corrected chi connectivity index (χ2v) is 7.16. The van der Waals surface area contributed by atoms with E-state index in [9.17, 15) is 4.79 Å². The van der Waals surface area contributed by atoms with Crippen LogP contribution in [0.15, 0.2) is 24.5 Å². The van der Waals surface area contributed by atoms with Crippen molar-refractivity contribution in [2.24, 2.45) is 0 Å². The summed E-state index contributed by atoms with van der Waals surface area (Å²) in [6.07, 6.45) is 6.17. The highest BCUT2D eigenvalue weighted by Crippen LogP contribution is 2.29. The van der Waals surface area contributed by atoms with Gasteiger partial charge < -0.3 is 9.47 Å². The first-order chi connectivity index (χ1) is 11.5. The number of aryl methyl sites for hydroxylation is 1. The largest absolute Gasteiger partial charge is 0.337 e. The zero-order valence-corrected chi connectivity index (χ0v) is 15.4. The number of amides is 1. The minimum Gasteiger partial charge on any atom is -0.337 e. The van der Waals surface area contributed by atoms with Gasteiger partial charge in [0.15, 0.2) is 0 Å². The predicted molar refractivity (Wildman–Crippen MR) is 96.5 cm³/mol. The van der Waals surface area contributed by atoms with Gasteiger partial charge in [-0.05, 0) is 50.3 Å². The van der Waals surface area contributed by atoms with E-state index in [0.717, 1.165) is 24.1 Å². The van der Waals surface area contributed by atoms with Gasteiger partial charge in [-0.15, -0.1) is 0 Å². The molecule has 1 aromatic heterocycles. The number of imidazole rings is 1. The van der Waals surface area contributed by atoms with Gasteiger partial charge in [0.05, 0.1) is 18.1 Å². The van der Waals surface area contributed by atoms with Gasteiger partial charge in [0.25, 0.3) is 0 Å². The highest BCUT2D eigenvalue weighted by molar-refractivity contribution is 6.35. The van der Waals surface area contributed by atoms with E-state index in [1.54, 1.807) is 30.4 Å². The van der Waals surface area contributed by atoms with E-state index in [4.69, 9.17) is 23.2 Å². The SMILES string of the molecule is C[C@@H](c1ccc(Cl)cc1Cl)N(C)C(=O)Cn1cnc2c1CCCC2. The van der Waals surface area contributed by atoms with Gasteiger partial charge in [0.2, 0.25) is 5.91 Å². The molecule has 3 rings (SSSR count). The Labute approximate surface area is 152 Å². The van der Waals surface area contributed by atoms with Crippen LogP contribution < -0.4 is 0 Å².